The molecule has 2 aromatic heterocycles. The first-order chi connectivity index (χ1) is 18.8. The first-order valence-electron chi connectivity index (χ1n) is 13.9. The molecule has 2 aliphatic carbocycles. The summed E-state index contributed by atoms with van der Waals surface area (Å²) in [5.41, 5.74) is 2.57. The average Bonchev–Trinajstić information content (AvgIpc) is 3.27. The van der Waals surface area contributed by atoms with E-state index in [1.807, 2.05) is 27.7 Å². The third-order valence-electron chi connectivity index (χ3n) is 9.43. The number of ketones is 1. The van der Waals surface area contributed by atoms with Crippen molar-refractivity contribution in [1.82, 2.24) is 14.9 Å². The summed E-state index contributed by atoms with van der Waals surface area (Å²) in [7, 11) is 0. The number of carbonyl (C=O) groups excluding carboxylic acids is 2. The molecule has 0 saturated carbocycles. The Bertz CT molecular complexity index is 1710. The second-order valence-corrected chi connectivity index (χ2v) is 13.3. The summed E-state index contributed by atoms with van der Waals surface area (Å²) in [6, 6.07) is 2.78. The summed E-state index contributed by atoms with van der Waals surface area (Å²) in [5, 5.41) is 15.4. The number of aromatic nitrogens is 2. The first kappa shape index (κ1) is 27.3. The number of aliphatic hydroxyl groups is 1. The van der Waals surface area contributed by atoms with Gasteiger partial charge in [0.25, 0.3) is 5.56 Å². The minimum absolute atomic E-state index is 0.0597. The molecule has 3 atom stereocenters. The number of benzene rings is 1. The van der Waals surface area contributed by atoms with Crippen LogP contribution in [-0.4, -0.2) is 26.3 Å². The molecule has 0 fully saturated rings. The van der Waals surface area contributed by atoms with E-state index in [4.69, 9.17) is 4.98 Å². The summed E-state index contributed by atoms with van der Waals surface area (Å²) < 4.78 is 17.1. The molecule has 210 valence electrons. The van der Waals surface area contributed by atoms with Crippen LogP contribution in [0.1, 0.15) is 87.7 Å². The Kier molecular flexibility index (Phi) is 6.17. The number of aryl methyl sites for hydroxylation is 1. The number of carbonyl (C=O) groups is 2. The second-order valence-electron chi connectivity index (χ2n) is 12.5. The standard InChI is InChI=1S/C31H33BrFN3O4/c1-6-31(40)18-11-22-27-17(13-36(22)29(39)15(18)8-10-23(31)37)25-20(35-28(38)14(2)30(3,4)5)9-7-16-24(25)21(34-27)12-19(33)26(16)32/h11-12,14,20,40H,6-10,13H2,1-5H3,(H,35,38)/t14-,20-,31+/m1/s1. The predicted octanol–water partition coefficient (Wildman–Crippen LogP) is 5.23. The fourth-order valence-electron chi connectivity index (χ4n) is 6.57. The van der Waals surface area contributed by atoms with Crippen LogP contribution in [0, 0.1) is 17.2 Å². The summed E-state index contributed by atoms with van der Waals surface area (Å²) in [6.45, 7) is 9.99. The molecule has 3 aliphatic rings. The molecular weight excluding hydrogens is 577 g/mol. The van der Waals surface area contributed by atoms with E-state index in [1.165, 1.54) is 6.07 Å². The van der Waals surface area contributed by atoms with E-state index in [9.17, 15) is 19.5 Å². The molecule has 3 aromatic rings. The summed E-state index contributed by atoms with van der Waals surface area (Å²) in [4.78, 5) is 44.8. The van der Waals surface area contributed by atoms with Crippen LogP contribution in [0.5, 0.6) is 0 Å². The molecule has 0 radical (unpaired) electrons. The van der Waals surface area contributed by atoms with Crippen LogP contribution < -0.4 is 10.9 Å². The minimum atomic E-state index is -1.72. The smallest absolute Gasteiger partial charge is 0.254 e. The molecule has 1 amide bonds. The zero-order valence-corrected chi connectivity index (χ0v) is 25.0. The van der Waals surface area contributed by atoms with E-state index < -0.39 is 11.4 Å². The van der Waals surface area contributed by atoms with Crippen LogP contribution in [0.3, 0.4) is 0 Å². The topological polar surface area (TPSA) is 101 Å². The van der Waals surface area contributed by atoms with Crippen LogP contribution in [0.15, 0.2) is 21.4 Å². The van der Waals surface area contributed by atoms with Gasteiger partial charge in [0, 0.05) is 40.5 Å². The minimum Gasteiger partial charge on any atom is -0.377 e. The van der Waals surface area contributed by atoms with Gasteiger partial charge in [-0.05, 0) is 64.2 Å². The SMILES string of the molecule is CC[C@@]1(O)C(=O)CCc2c1cc1n(c2=O)Cc2c-1nc1cc(F)c(Br)c3c1c2[C@H](NC(=O)[C@@H](C)C(C)(C)C)CC3. The van der Waals surface area contributed by atoms with Crippen molar-refractivity contribution in [2.75, 3.05) is 0 Å². The molecule has 3 heterocycles. The van der Waals surface area contributed by atoms with Crippen molar-refractivity contribution in [3.63, 3.8) is 0 Å². The fourth-order valence-corrected chi connectivity index (χ4v) is 7.08. The maximum Gasteiger partial charge on any atom is 0.254 e. The molecule has 0 bridgehead atoms. The lowest BCUT2D eigenvalue weighted by Crippen LogP contribution is -2.43. The van der Waals surface area contributed by atoms with E-state index >= 15 is 4.39 Å². The van der Waals surface area contributed by atoms with Gasteiger partial charge >= 0.3 is 0 Å². The highest BCUT2D eigenvalue weighted by atomic mass is 79.9. The van der Waals surface area contributed by atoms with Gasteiger partial charge in [-0.2, -0.15) is 0 Å². The van der Waals surface area contributed by atoms with Crippen LogP contribution in [0.25, 0.3) is 22.3 Å². The zero-order chi connectivity index (χ0) is 28.9. The number of amides is 1. The summed E-state index contributed by atoms with van der Waals surface area (Å²) >= 11 is 3.44. The van der Waals surface area contributed by atoms with E-state index in [1.54, 1.807) is 17.6 Å². The number of fused-ring (bicyclic) bond motifs is 5. The molecule has 7 nitrogen and oxygen atoms in total. The highest BCUT2D eigenvalue weighted by Gasteiger charge is 2.44. The third kappa shape index (κ3) is 3.76. The van der Waals surface area contributed by atoms with Crippen molar-refractivity contribution in [2.24, 2.45) is 11.3 Å². The van der Waals surface area contributed by atoms with Gasteiger partial charge in [-0.1, -0.05) is 34.6 Å². The van der Waals surface area contributed by atoms with E-state index in [2.05, 4.69) is 21.2 Å². The number of rotatable bonds is 3. The maximum absolute atomic E-state index is 15.0. The first-order valence-corrected chi connectivity index (χ1v) is 14.7. The Hall–Kier alpha value is -2.91. The maximum atomic E-state index is 15.0. The van der Waals surface area contributed by atoms with Gasteiger partial charge in [0.2, 0.25) is 5.91 Å². The molecule has 1 aliphatic heterocycles. The van der Waals surface area contributed by atoms with Crippen molar-refractivity contribution in [2.45, 2.75) is 84.9 Å². The molecule has 6 rings (SSSR count). The highest BCUT2D eigenvalue weighted by molar-refractivity contribution is 9.10. The molecule has 2 N–H and O–H groups in total. The lowest BCUT2D eigenvalue weighted by molar-refractivity contribution is -0.140. The number of pyridine rings is 2. The van der Waals surface area contributed by atoms with Gasteiger partial charge in [-0.15, -0.1) is 0 Å². The third-order valence-corrected chi connectivity index (χ3v) is 10.3. The Morgan fingerprint density at radius 2 is 1.95 bits per heavy atom. The van der Waals surface area contributed by atoms with Crippen LogP contribution in [0.4, 0.5) is 4.39 Å². The molecule has 1 aromatic carbocycles. The Morgan fingerprint density at radius 3 is 2.62 bits per heavy atom. The molecule has 0 saturated heterocycles. The van der Waals surface area contributed by atoms with Crippen LogP contribution >= 0.6 is 15.9 Å². The number of nitrogens with one attached hydrogen (secondary N) is 1. The van der Waals surface area contributed by atoms with Gasteiger partial charge in [-0.25, -0.2) is 9.37 Å². The normalized spacial score (nSPS) is 22.1. The van der Waals surface area contributed by atoms with Gasteiger partial charge in [0.05, 0.1) is 34.0 Å². The Morgan fingerprint density at radius 1 is 1.23 bits per heavy atom. The van der Waals surface area contributed by atoms with Gasteiger partial charge in [0.15, 0.2) is 5.78 Å². The Labute approximate surface area is 240 Å². The van der Waals surface area contributed by atoms with E-state index in [-0.39, 0.29) is 60.4 Å². The van der Waals surface area contributed by atoms with Crippen LogP contribution in [0.2, 0.25) is 0 Å². The molecule has 0 spiro atoms. The van der Waals surface area contributed by atoms with Gasteiger partial charge in [-0.3, -0.25) is 14.4 Å². The lowest BCUT2D eigenvalue weighted by atomic mass is 9.77. The number of halogens is 2. The molecule has 40 heavy (non-hydrogen) atoms. The van der Waals surface area contributed by atoms with Crippen molar-refractivity contribution < 1.29 is 19.1 Å². The monoisotopic (exact) mass is 609 g/mol. The second kappa shape index (κ2) is 9.05. The predicted molar refractivity (Wildman–Crippen MR) is 154 cm³/mol. The number of hydrogen-bond donors (Lipinski definition) is 2. The van der Waals surface area contributed by atoms with Crippen molar-refractivity contribution in [3.8, 4) is 11.4 Å². The van der Waals surface area contributed by atoms with Crippen molar-refractivity contribution >= 4 is 38.5 Å². The Balaban J connectivity index is 1.60. The van der Waals surface area contributed by atoms with E-state index in [0.29, 0.717) is 45.3 Å². The summed E-state index contributed by atoms with van der Waals surface area (Å²) in [5.74, 6) is -1.01. The molecule has 0 unspecified atom stereocenters. The largest absolute Gasteiger partial charge is 0.377 e. The molecular formula is C31H33BrFN3O4. The highest BCUT2D eigenvalue weighted by Crippen LogP contribution is 2.47. The van der Waals surface area contributed by atoms with Gasteiger partial charge < -0.3 is 15.0 Å². The zero-order valence-electron chi connectivity index (χ0n) is 23.4. The summed E-state index contributed by atoms with van der Waals surface area (Å²) in [6.07, 6.45) is 1.69. The van der Waals surface area contributed by atoms with Crippen molar-refractivity contribution in [1.29, 1.82) is 0 Å². The number of hydrogen-bond acceptors (Lipinski definition) is 5. The van der Waals surface area contributed by atoms with Gasteiger partial charge in [0.1, 0.15) is 11.4 Å². The lowest BCUT2D eigenvalue weighted by Gasteiger charge is -2.32. The van der Waals surface area contributed by atoms with Crippen molar-refractivity contribution in [3.05, 3.63) is 60.6 Å². The number of Topliss-reactive ketones (excluding diaryl/α,β-unsaturated/α-hetero) is 1. The molecule has 9 heteroatoms. The number of nitrogens with zero attached hydrogens (tertiary/aromatic N) is 2. The fraction of sp³-hybridized carbons (Fsp3) is 0.484. The van der Waals surface area contributed by atoms with Crippen LogP contribution in [-0.2, 0) is 34.6 Å². The average molecular weight is 611 g/mol. The quantitative estimate of drug-likeness (QED) is 0.331. The van der Waals surface area contributed by atoms with E-state index in [0.717, 1.165) is 22.1 Å².